The number of aliphatic hydroxyl groups excluding tert-OH is 1. The molecule has 1 aliphatic rings. The fourth-order valence-corrected chi connectivity index (χ4v) is 3.97. The number of aliphatic hydroxyl groups is 1. The van der Waals surface area contributed by atoms with Gasteiger partial charge in [-0.05, 0) is 34.2 Å². The van der Waals surface area contributed by atoms with Crippen molar-refractivity contribution in [3.05, 3.63) is 59.2 Å². The maximum absolute atomic E-state index is 12.1. The van der Waals surface area contributed by atoms with E-state index in [0.717, 1.165) is 12.0 Å². The average Bonchev–Trinajstić information content (AvgIpc) is 2.90. The van der Waals surface area contributed by atoms with Crippen LogP contribution in [0.4, 0.5) is 0 Å². The second kappa shape index (κ2) is 7.06. The summed E-state index contributed by atoms with van der Waals surface area (Å²) in [4.78, 5) is 11.5. The molecule has 3 rings (SSSR count). The molecule has 1 amide bonds. The van der Waals surface area contributed by atoms with Crippen molar-refractivity contribution in [3.8, 4) is 11.1 Å². The van der Waals surface area contributed by atoms with Crippen LogP contribution in [0.2, 0.25) is 0 Å². The van der Waals surface area contributed by atoms with Crippen molar-refractivity contribution in [1.82, 2.24) is 5.32 Å². The fraction of sp³-hybridized carbons (Fsp3) is 0.278. The van der Waals surface area contributed by atoms with Crippen LogP contribution in [0.1, 0.15) is 16.7 Å². The number of carbonyl (C=O) groups excluding carboxylic acids is 1. The van der Waals surface area contributed by atoms with E-state index < -0.39 is 10.8 Å². The molecule has 2 N–H and O–H groups in total. The van der Waals surface area contributed by atoms with Gasteiger partial charge in [0.05, 0.1) is 6.61 Å². The Morgan fingerprint density at radius 1 is 1.13 bits per heavy atom. The molecule has 0 bridgehead atoms. The van der Waals surface area contributed by atoms with Crippen molar-refractivity contribution in [3.63, 3.8) is 0 Å². The molecule has 0 saturated carbocycles. The lowest BCUT2D eigenvalue weighted by Crippen LogP contribution is -2.30. The molecule has 0 aliphatic heterocycles. The summed E-state index contributed by atoms with van der Waals surface area (Å²) in [6.45, 7) is 0.0941. The number of hydrogen-bond donors (Lipinski definition) is 2. The Hall–Kier alpha value is -1.98. The van der Waals surface area contributed by atoms with Crippen LogP contribution < -0.4 is 5.32 Å². The SMILES string of the molecule is O=C(CS(=O)Cc1ccc2c(c1)Cc1ccccc1-2)NCCO. The van der Waals surface area contributed by atoms with Gasteiger partial charge in [0.25, 0.3) is 0 Å². The van der Waals surface area contributed by atoms with Gasteiger partial charge in [0.2, 0.25) is 5.91 Å². The smallest absolute Gasteiger partial charge is 0.232 e. The highest BCUT2D eigenvalue weighted by Crippen LogP contribution is 2.36. The van der Waals surface area contributed by atoms with Crippen LogP contribution >= 0.6 is 0 Å². The normalized spacial score (nSPS) is 13.3. The van der Waals surface area contributed by atoms with Crippen molar-refractivity contribution in [2.75, 3.05) is 18.9 Å². The summed E-state index contributed by atoms with van der Waals surface area (Å²) in [6, 6.07) is 14.5. The van der Waals surface area contributed by atoms with Gasteiger partial charge in [0.15, 0.2) is 0 Å². The first-order chi connectivity index (χ1) is 11.2. The molecular weight excluding hydrogens is 310 g/mol. The molecule has 0 saturated heterocycles. The zero-order chi connectivity index (χ0) is 16.2. The van der Waals surface area contributed by atoms with E-state index in [9.17, 15) is 9.00 Å². The van der Waals surface area contributed by atoms with Gasteiger partial charge in [-0.2, -0.15) is 0 Å². The number of nitrogens with one attached hydrogen (secondary N) is 1. The Labute approximate surface area is 138 Å². The van der Waals surface area contributed by atoms with Crippen LogP contribution in [0.15, 0.2) is 42.5 Å². The topological polar surface area (TPSA) is 66.4 Å². The Balaban J connectivity index is 1.66. The number of hydrogen-bond acceptors (Lipinski definition) is 3. The molecule has 2 aromatic rings. The number of benzene rings is 2. The molecule has 4 nitrogen and oxygen atoms in total. The third-order valence-corrected chi connectivity index (χ3v) is 5.15. The standard InChI is InChI=1S/C18H19NO3S/c20-8-7-19-18(21)12-23(22)11-13-5-6-17-15(9-13)10-14-3-1-2-4-16(14)17/h1-6,9,20H,7-8,10-12H2,(H,19,21). The second-order valence-corrected chi connectivity index (χ2v) is 7.08. The van der Waals surface area contributed by atoms with Crippen molar-refractivity contribution in [1.29, 1.82) is 0 Å². The molecular formula is C18H19NO3S. The zero-order valence-electron chi connectivity index (χ0n) is 12.7. The average molecular weight is 329 g/mol. The largest absolute Gasteiger partial charge is 0.395 e. The molecule has 0 fully saturated rings. The van der Waals surface area contributed by atoms with E-state index in [4.69, 9.17) is 5.11 Å². The Kier molecular flexibility index (Phi) is 4.88. The third-order valence-electron chi connectivity index (χ3n) is 3.91. The van der Waals surface area contributed by atoms with Gasteiger partial charge in [-0.1, -0.05) is 42.5 Å². The van der Waals surface area contributed by atoms with Gasteiger partial charge in [0, 0.05) is 23.1 Å². The lowest BCUT2D eigenvalue weighted by Gasteiger charge is -2.06. The first-order valence-corrected chi connectivity index (χ1v) is 9.09. The van der Waals surface area contributed by atoms with Gasteiger partial charge in [-0.15, -0.1) is 0 Å². The van der Waals surface area contributed by atoms with Crippen LogP contribution in [-0.4, -0.2) is 34.1 Å². The Morgan fingerprint density at radius 2 is 1.91 bits per heavy atom. The van der Waals surface area contributed by atoms with Gasteiger partial charge < -0.3 is 10.4 Å². The predicted molar refractivity (Wildman–Crippen MR) is 91.5 cm³/mol. The summed E-state index contributed by atoms with van der Waals surface area (Å²) < 4.78 is 12.1. The second-order valence-electron chi connectivity index (χ2n) is 5.63. The number of fused-ring (bicyclic) bond motifs is 3. The molecule has 0 aromatic heterocycles. The lowest BCUT2D eigenvalue weighted by atomic mass is 10.0. The van der Waals surface area contributed by atoms with Crippen LogP contribution in [0.25, 0.3) is 11.1 Å². The van der Waals surface area contributed by atoms with Crippen LogP contribution in [0.3, 0.4) is 0 Å². The van der Waals surface area contributed by atoms with Crippen molar-refractivity contribution >= 4 is 16.7 Å². The number of rotatable bonds is 6. The van der Waals surface area contributed by atoms with Crippen molar-refractivity contribution < 1.29 is 14.1 Å². The first kappa shape index (κ1) is 15.9. The fourth-order valence-electron chi connectivity index (χ4n) is 2.92. The summed E-state index contributed by atoms with van der Waals surface area (Å²) in [7, 11) is -1.25. The number of carbonyl (C=O) groups is 1. The number of amides is 1. The van der Waals surface area contributed by atoms with E-state index in [0.29, 0.717) is 5.75 Å². The molecule has 120 valence electrons. The van der Waals surface area contributed by atoms with Gasteiger partial charge in [-0.25, -0.2) is 0 Å². The van der Waals surface area contributed by atoms with Crippen LogP contribution in [0.5, 0.6) is 0 Å². The molecule has 0 radical (unpaired) electrons. The lowest BCUT2D eigenvalue weighted by molar-refractivity contribution is -0.118. The minimum atomic E-state index is -1.25. The van der Waals surface area contributed by atoms with E-state index in [1.807, 2.05) is 18.2 Å². The van der Waals surface area contributed by atoms with Crippen LogP contribution in [-0.2, 0) is 27.8 Å². The molecule has 2 aromatic carbocycles. The zero-order valence-corrected chi connectivity index (χ0v) is 13.6. The minimum Gasteiger partial charge on any atom is -0.395 e. The molecule has 1 aliphatic carbocycles. The summed E-state index contributed by atoms with van der Waals surface area (Å²) in [5, 5.41) is 11.2. The molecule has 23 heavy (non-hydrogen) atoms. The van der Waals surface area contributed by atoms with Gasteiger partial charge >= 0.3 is 0 Å². The highest BCUT2D eigenvalue weighted by atomic mass is 32.2. The first-order valence-electron chi connectivity index (χ1n) is 7.60. The predicted octanol–water partition coefficient (Wildman–Crippen LogP) is 1.61. The summed E-state index contributed by atoms with van der Waals surface area (Å²) in [6.07, 6.45) is 0.906. The van der Waals surface area contributed by atoms with Crippen LogP contribution in [0, 0.1) is 0 Å². The summed E-state index contributed by atoms with van der Waals surface area (Å²) >= 11 is 0. The maximum Gasteiger partial charge on any atom is 0.232 e. The molecule has 5 heteroatoms. The summed E-state index contributed by atoms with van der Waals surface area (Å²) in [5.41, 5.74) is 6.09. The minimum absolute atomic E-state index is 0.0304. The van der Waals surface area contributed by atoms with E-state index in [2.05, 4.69) is 29.6 Å². The van der Waals surface area contributed by atoms with E-state index in [-0.39, 0.29) is 24.8 Å². The van der Waals surface area contributed by atoms with E-state index >= 15 is 0 Å². The third kappa shape index (κ3) is 3.68. The van der Waals surface area contributed by atoms with Gasteiger partial charge in [-0.3, -0.25) is 9.00 Å². The monoisotopic (exact) mass is 329 g/mol. The summed E-state index contributed by atoms with van der Waals surface area (Å²) in [5.74, 6) is 0.0546. The molecule has 0 spiro atoms. The maximum atomic E-state index is 12.1. The molecule has 0 heterocycles. The highest BCUT2D eigenvalue weighted by molar-refractivity contribution is 7.84. The van der Waals surface area contributed by atoms with Gasteiger partial charge in [0.1, 0.15) is 5.75 Å². The van der Waals surface area contributed by atoms with E-state index in [1.165, 1.54) is 22.3 Å². The Morgan fingerprint density at radius 3 is 2.74 bits per heavy atom. The van der Waals surface area contributed by atoms with E-state index in [1.54, 1.807) is 0 Å². The Bertz CT molecular complexity index is 758. The molecule has 1 atom stereocenters. The highest BCUT2D eigenvalue weighted by Gasteiger charge is 2.18. The molecule has 1 unspecified atom stereocenters. The van der Waals surface area contributed by atoms with Crippen molar-refractivity contribution in [2.45, 2.75) is 12.2 Å². The van der Waals surface area contributed by atoms with Crippen molar-refractivity contribution in [2.24, 2.45) is 0 Å². The quantitative estimate of drug-likeness (QED) is 0.722.